The van der Waals surface area contributed by atoms with Gasteiger partial charge in [0.15, 0.2) is 0 Å². The van der Waals surface area contributed by atoms with Gasteiger partial charge in [-0.25, -0.2) is 4.98 Å². The first kappa shape index (κ1) is 16.3. The van der Waals surface area contributed by atoms with Crippen LogP contribution in [0.5, 0.6) is 0 Å². The van der Waals surface area contributed by atoms with E-state index in [0.29, 0.717) is 11.0 Å². The zero-order valence-electron chi connectivity index (χ0n) is 13.9. The second kappa shape index (κ2) is 6.89. The van der Waals surface area contributed by atoms with Crippen LogP contribution in [0.4, 0.5) is 23.1 Å². The molecule has 0 bridgehead atoms. The van der Waals surface area contributed by atoms with Crippen molar-refractivity contribution < 1.29 is 0 Å². The minimum atomic E-state index is 0.551. The van der Waals surface area contributed by atoms with Crippen molar-refractivity contribution in [3.63, 3.8) is 0 Å². The van der Waals surface area contributed by atoms with Crippen LogP contribution in [0.15, 0.2) is 48.5 Å². The van der Waals surface area contributed by atoms with Gasteiger partial charge in [-0.15, -0.1) is 0 Å². The van der Waals surface area contributed by atoms with E-state index >= 15 is 0 Å². The minimum Gasteiger partial charge on any atom is -0.340 e. The molecule has 0 fully saturated rings. The van der Waals surface area contributed by atoms with Gasteiger partial charge in [0.05, 0.1) is 0 Å². The van der Waals surface area contributed by atoms with Crippen LogP contribution < -0.4 is 10.6 Å². The van der Waals surface area contributed by atoms with E-state index in [9.17, 15) is 0 Å². The molecule has 0 aliphatic carbocycles. The maximum Gasteiger partial charge on any atom is 0.229 e. The summed E-state index contributed by atoms with van der Waals surface area (Å²) in [6.07, 6.45) is 0. The molecule has 24 heavy (non-hydrogen) atoms. The van der Waals surface area contributed by atoms with Gasteiger partial charge in [0, 0.05) is 28.2 Å². The number of anilines is 4. The molecule has 0 radical (unpaired) electrons. The predicted molar refractivity (Wildman–Crippen MR) is 101 cm³/mol. The Morgan fingerprint density at radius 1 is 0.875 bits per heavy atom. The normalized spacial score (nSPS) is 10.5. The number of hydrogen-bond donors (Lipinski definition) is 2. The van der Waals surface area contributed by atoms with Gasteiger partial charge < -0.3 is 10.6 Å². The molecule has 0 aliphatic heterocycles. The molecular formula is C19H19ClN4. The summed E-state index contributed by atoms with van der Waals surface area (Å²) in [4.78, 5) is 9.01. The highest BCUT2D eigenvalue weighted by Crippen LogP contribution is 2.23. The van der Waals surface area contributed by atoms with Crippen molar-refractivity contribution in [2.75, 3.05) is 10.6 Å². The maximum atomic E-state index is 6.00. The lowest BCUT2D eigenvalue weighted by Gasteiger charge is -2.12. The molecule has 2 aromatic carbocycles. The first-order valence-electron chi connectivity index (χ1n) is 7.72. The van der Waals surface area contributed by atoms with Crippen molar-refractivity contribution in [3.8, 4) is 0 Å². The number of rotatable bonds is 4. The van der Waals surface area contributed by atoms with E-state index in [1.54, 1.807) is 0 Å². The average Bonchev–Trinajstić information content (AvgIpc) is 2.49. The number of aromatic nitrogens is 2. The first-order chi connectivity index (χ1) is 11.5. The third-order valence-corrected chi connectivity index (χ3v) is 3.81. The van der Waals surface area contributed by atoms with Crippen molar-refractivity contribution in [1.82, 2.24) is 9.97 Å². The van der Waals surface area contributed by atoms with Gasteiger partial charge >= 0.3 is 0 Å². The molecule has 0 spiro atoms. The Balaban J connectivity index is 1.86. The standard InChI is InChI=1S/C19H19ClN4/c1-12-5-4-6-16(9-12)22-18-11-14(3)21-19(24-18)23-17-8-7-15(20)10-13(17)2/h4-11H,1-3H3,(H2,21,22,23,24). The van der Waals surface area contributed by atoms with Crippen molar-refractivity contribution in [2.24, 2.45) is 0 Å². The zero-order chi connectivity index (χ0) is 17.1. The fourth-order valence-electron chi connectivity index (χ4n) is 2.45. The summed E-state index contributed by atoms with van der Waals surface area (Å²) in [5.41, 5.74) is 5.06. The highest BCUT2D eigenvalue weighted by Gasteiger charge is 2.06. The van der Waals surface area contributed by atoms with Crippen molar-refractivity contribution in [2.45, 2.75) is 20.8 Å². The van der Waals surface area contributed by atoms with Crippen LogP contribution >= 0.6 is 11.6 Å². The van der Waals surface area contributed by atoms with Crippen LogP contribution in [0.25, 0.3) is 0 Å². The Bertz CT molecular complexity index is 877. The van der Waals surface area contributed by atoms with Crippen LogP contribution in [0.1, 0.15) is 16.8 Å². The first-order valence-corrected chi connectivity index (χ1v) is 8.10. The molecule has 122 valence electrons. The van der Waals surface area contributed by atoms with Crippen LogP contribution in [0.3, 0.4) is 0 Å². The molecule has 4 nitrogen and oxygen atoms in total. The topological polar surface area (TPSA) is 49.8 Å². The molecule has 1 aromatic heterocycles. The molecule has 0 unspecified atom stereocenters. The Hall–Kier alpha value is -2.59. The molecule has 0 atom stereocenters. The number of benzene rings is 2. The maximum absolute atomic E-state index is 6.00. The zero-order valence-corrected chi connectivity index (χ0v) is 14.6. The third kappa shape index (κ3) is 4.03. The van der Waals surface area contributed by atoms with Crippen LogP contribution in [-0.2, 0) is 0 Å². The van der Waals surface area contributed by atoms with Gasteiger partial charge in [-0.3, -0.25) is 0 Å². The molecule has 3 rings (SSSR count). The molecule has 0 saturated carbocycles. The number of nitrogens with one attached hydrogen (secondary N) is 2. The van der Waals surface area contributed by atoms with Gasteiger partial charge in [-0.2, -0.15) is 4.98 Å². The van der Waals surface area contributed by atoms with E-state index in [1.807, 2.05) is 50.2 Å². The predicted octanol–water partition coefficient (Wildman–Crippen LogP) is 5.54. The summed E-state index contributed by atoms with van der Waals surface area (Å²) in [5, 5.41) is 7.29. The number of hydrogen-bond acceptors (Lipinski definition) is 4. The van der Waals surface area contributed by atoms with E-state index in [-0.39, 0.29) is 0 Å². The van der Waals surface area contributed by atoms with Crippen molar-refractivity contribution in [1.29, 1.82) is 0 Å². The average molecular weight is 339 g/mol. The molecule has 1 heterocycles. The van der Waals surface area contributed by atoms with E-state index < -0.39 is 0 Å². The van der Waals surface area contributed by atoms with E-state index in [1.165, 1.54) is 5.56 Å². The molecule has 0 amide bonds. The van der Waals surface area contributed by atoms with E-state index in [2.05, 4.69) is 39.7 Å². The largest absolute Gasteiger partial charge is 0.340 e. The molecule has 3 aromatic rings. The minimum absolute atomic E-state index is 0.551. The summed E-state index contributed by atoms with van der Waals surface area (Å²) >= 11 is 6.00. The Morgan fingerprint density at radius 3 is 2.46 bits per heavy atom. The summed E-state index contributed by atoms with van der Waals surface area (Å²) in [6.45, 7) is 6.01. The number of nitrogens with zero attached hydrogens (tertiary/aromatic N) is 2. The Labute approximate surface area is 146 Å². The third-order valence-electron chi connectivity index (χ3n) is 3.58. The lowest BCUT2D eigenvalue weighted by Crippen LogP contribution is -2.03. The highest BCUT2D eigenvalue weighted by atomic mass is 35.5. The van der Waals surface area contributed by atoms with Gasteiger partial charge in [0.2, 0.25) is 5.95 Å². The number of halogens is 1. The van der Waals surface area contributed by atoms with Crippen molar-refractivity contribution in [3.05, 3.63) is 70.4 Å². The summed E-state index contributed by atoms with van der Waals surface area (Å²) in [6, 6.07) is 15.8. The summed E-state index contributed by atoms with van der Waals surface area (Å²) in [5.74, 6) is 1.30. The Morgan fingerprint density at radius 2 is 1.71 bits per heavy atom. The quantitative estimate of drug-likeness (QED) is 0.655. The van der Waals surface area contributed by atoms with Gasteiger partial charge in [0.25, 0.3) is 0 Å². The van der Waals surface area contributed by atoms with Crippen LogP contribution in [0.2, 0.25) is 5.02 Å². The molecule has 2 N–H and O–H groups in total. The fourth-order valence-corrected chi connectivity index (χ4v) is 2.67. The Kier molecular flexibility index (Phi) is 4.67. The molecule has 0 saturated heterocycles. The molecule has 0 aliphatic rings. The second-order valence-corrected chi connectivity index (χ2v) is 6.23. The van der Waals surface area contributed by atoms with E-state index in [4.69, 9.17) is 11.6 Å². The SMILES string of the molecule is Cc1cccc(Nc2cc(C)nc(Nc3ccc(Cl)cc3C)n2)c1. The van der Waals surface area contributed by atoms with E-state index in [0.717, 1.165) is 28.5 Å². The second-order valence-electron chi connectivity index (χ2n) is 5.80. The lowest BCUT2D eigenvalue weighted by molar-refractivity contribution is 1.10. The fraction of sp³-hybridized carbons (Fsp3) is 0.158. The van der Waals surface area contributed by atoms with Gasteiger partial charge in [-0.1, -0.05) is 23.7 Å². The molecular weight excluding hydrogens is 320 g/mol. The smallest absolute Gasteiger partial charge is 0.229 e. The summed E-state index contributed by atoms with van der Waals surface area (Å²) in [7, 11) is 0. The monoisotopic (exact) mass is 338 g/mol. The molecule has 5 heteroatoms. The van der Waals surface area contributed by atoms with Crippen molar-refractivity contribution >= 4 is 34.7 Å². The van der Waals surface area contributed by atoms with Gasteiger partial charge in [0.1, 0.15) is 5.82 Å². The van der Waals surface area contributed by atoms with Crippen LogP contribution in [-0.4, -0.2) is 9.97 Å². The number of aryl methyl sites for hydroxylation is 3. The highest BCUT2D eigenvalue weighted by molar-refractivity contribution is 6.30. The van der Waals surface area contributed by atoms with Gasteiger partial charge in [-0.05, 0) is 62.2 Å². The summed E-state index contributed by atoms with van der Waals surface area (Å²) < 4.78 is 0. The van der Waals surface area contributed by atoms with Crippen LogP contribution in [0, 0.1) is 20.8 Å². The lowest BCUT2D eigenvalue weighted by atomic mass is 10.2.